The third-order valence-electron chi connectivity index (χ3n) is 6.89. The van der Waals surface area contributed by atoms with Crippen molar-refractivity contribution in [3.63, 3.8) is 0 Å². The molecule has 38 heavy (non-hydrogen) atoms. The van der Waals surface area contributed by atoms with Gasteiger partial charge in [-0.15, -0.1) is 0 Å². The molecule has 10 heteroatoms. The number of hydrogen-bond donors (Lipinski definition) is 1. The van der Waals surface area contributed by atoms with E-state index in [0.717, 1.165) is 6.92 Å². The highest BCUT2D eigenvalue weighted by atomic mass is 35.5. The molecule has 2 unspecified atom stereocenters. The van der Waals surface area contributed by atoms with Gasteiger partial charge in [-0.1, -0.05) is 48.3 Å². The molecule has 2 aliphatic carbocycles. The van der Waals surface area contributed by atoms with Crippen molar-refractivity contribution < 1.29 is 32.2 Å². The number of rotatable bonds is 9. The third kappa shape index (κ3) is 7.13. The largest absolute Gasteiger partial charge is 0.459 e. The first-order valence-electron chi connectivity index (χ1n) is 12.6. The van der Waals surface area contributed by atoms with Crippen LogP contribution in [0.15, 0.2) is 41.5 Å². The second-order valence-corrected chi connectivity index (χ2v) is 11.8. The van der Waals surface area contributed by atoms with E-state index in [-0.39, 0.29) is 23.1 Å². The van der Waals surface area contributed by atoms with Gasteiger partial charge in [0.25, 0.3) is 0 Å². The monoisotopic (exact) mass is 575 g/mol. The van der Waals surface area contributed by atoms with Crippen molar-refractivity contribution in [1.82, 2.24) is 0 Å². The smallest absolute Gasteiger partial charge is 0.392 e. The normalized spacial score (nSPS) is 21.2. The molecule has 0 aliphatic heterocycles. The highest BCUT2D eigenvalue weighted by molar-refractivity contribution is 6.33. The summed E-state index contributed by atoms with van der Waals surface area (Å²) < 4.78 is 52.9. The predicted octanol–water partition coefficient (Wildman–Crippen LogP) is 7.99. The van der Waals surface area contributed by atoms with Crippen LogP contribution in [0, 0.1) is 23.2 Å². The molecule has 1 fully saturated rings. The topological polar surface area (TPSA) is 64.6 Å². The van der Waals surface area contributed by atoms with E-state index in [1.807, 2.05) is 0 Å². The molecule has 0 bridgehead atoms. The van der Waals surface area contributed by atoms with E-state index in [4.69, 9.17) is 32.7 Å². The Labute approximate surface area is 231 Å². The standard InChI is InChI=1S/C28H34Cl2F3NO4/c1-6-37-23(27(13-14-27)25(36)38-26(3,4)5)18-9-12-20(30)21(15-18)34-24(35)22(16(2)28(31,32)33)17-7-10-19(29)11-8-17/h7,9-12,15-17,22-23H,6,8,13-14H2,1-5H3,(H,34,35)/t16-,17?,22+,23?/m1/s1. The molecule has 1 aromatic carbocycles. The summed E-state index contributed by atoms with van der Waals surface area (Å²) in [5.74, 6) is -5.21. The number of anilines is 1. The number of ether oxygens (including phenoxy) is 2. The van der Waals surface area contributed by atoms with E-state index in [1.165, 1.54) is 18.2 Å². The average molecular weight is 576 g/mol. The van der Waals surface area contributed by atoms with E-state index in [1.54, 1.807) is 45.9 Å². The minimum absolute atomic E-state index is 0.145. The number of nitrogens with one attached hydrogen (secondary N) is 1. The first-order valence-corrected chi connectivity index (χ1v) is 13.4. The molecule has 5 nitrogen and oxygen atoms in total. The Kier molecular flexibility index (Phi) is 9.32. The number of carbonyl (C=O) groups excluding carboxylic acids is 2. The van der Waals surface area contributed by atoms with Crippen LogP contribution in [0.3, 0.4) is 0 Å². The highest BCUT2D eigenvalue weighted by Crippen LogP contribution is 2.58. The summed E-state index contributed by atoms with van der Waals surface area (Å²) in [7, 11) is 0. The fourth-order valence-electron chi connectivity index (χ4n) is 4.72. The number of allylic oxidation sites excluding steroid dienone is 4. The summed E-state index contributed by atoms with van der Waals surface area (Å²) in [6.07, 6.45) is 0.708. The van der Waals surface area contributed by atoms with Crippen molar-refractivity contribution in [2.24, 2.45) is 23.2 Å². The maximum atomic E-state index is 13.8. The summed E-state index contributed by atoms with van der Waals surface area (Å²) in [5.41, 5.74) is -0.849. The third-order valence-corrected chi connectivity index (χ3v) is 7.50. The Morgan fingerprint density at radius 3 is 2.34 bits per heavy atom. The van der Waals surface area contributed by atoms with Gasteiger partial charge in [0.05, 0.1) is 34.1 Å². The Balaban J connectivity index is 1.91. The zero-order valence-corrected chi connectivity index (χ0v) is 23.6. The predicted molar refractivity (Wildman–Crippen MR) is 142 cm³/mol. The zero-order valence-electron chi connectivity index (χ0n) is 22.1. The molecule has 0 aromatic heterocycles. The maximum absolute atomic E-state index is 13.8. The molecule has 1 amide bonds. The highest BCUT2D eigenvalue weighted by Gasteiger charge is 2.59. The van der Waals surface area contributed by atoms with Crippen LogP contribution in [0.2, 0.25) is 5.02 Å². The molecule has 1 aromatic rings. The Bertz CT molecular complexity index is 1110. The fourth-order valence-corrected chi connectivity index (χ4v) is 5.05. The van der Waals surface area contributed by atoms with Gasteiger partial charge >= 0.3 is 12.1 Å². The summed E-state index contributed by atoms with van der Waals surface area (Å²) in [6.45, 7) is 8.48. The first-order chi connectivity index (χ1) is 17.6. The molecule has 1 N–H and O–H groups in total. The molecular formula is C28H34Cl2F3NO4. The number of alkyl halides is 3. The van der Waals surface area contributed by atoms with Gasteiger partial charge in [0.15, 0.2) is 0 Å². The molecule has 2 aliphatic rings. The van der Waals surface area contributed by atoms with Crippen molar-refractivity contribution in [2.75, 3.05) is 11.9 Å². The first kappa shape index (κ1) is 30.5. The van der Waals surface area contributed by atoms with Gasteiger partial charge in [0.1, 0.15) is 5.60 Å². The maximum Gasteiger partial charge on any atom is 0.392 e. The van der Waals surface area contributed by atoms with Crippen LogP contribution in [-0.4, -0.2) is 30.3 Å². The van der Waals surface area contributed by atoms with Crippen molar-refractivity contribution >= 4 is 40.8 Å². The van der Waals surface area contributed by atoms with Gasteiger partial charge in [-0.05, 0) is 76.6 Å². The van der Waals surface area contributed by atoms with Crippen molar-refractivity contribution in [3.8, 4) is 0 Å². The molecule has 0 radical (unpaired) electrons. The Morgan fingerprint density at radius 2 is 1.84 bits per heavy atom. The van der Waals surface area contributed by atoms with Crippen LogP contribution in [0.4, 0.5) is 18.9 Å². The number of carbonyl (C=O) groups is 2. The second kappa shape index (κ2) is 11.6. The summed E-state index contributed by atoms with van der Waals surface area (Å²) in [5, 5.41) is 3.18. The molecule has 3 rings (SSSR count). The quantitative estimate of drug-likeness (QED) is 0.303. The number of halogens is 5. The molecule has 210 valence electrons. The molecular weight excluding hydrogens is 542 g/mol. The van der Waals surface area contributed by atoms with E-state index in [2.05, 4.69) is 5.32 Å². The second-order valence-electron chi connectivity index (χ2n) is 10.9. The minimum atomic E-state index is -4.59. The van der Waals surface area contributed by atoms with Gasteiger partial charge < -0.3 is 14.8 Å². The van der Waals surface area contributed by atoms with Crippen LogP contribution in [0.5, 0.6) is 0 Å². The zero-order chi connectivity index (χ0) is 28.5. The molecule has 0 spiro atoms. The summed E-state index contributed by atoms with van der Waals surface area (Å²) in [4.78, 5) is 26.4. The minimum Gasteiger partial charge on any atom is -0.459 e. The van der Waals surface area contributed by atoms with E-state index in [9.17, 15) is 22.8 Å². The Morgan fingerprint density at radius 1 is 1.18 bits per heavy atom. The van der Waals surface area contributed by atoms with Crippen LogP contribution in [0.1, 0.15) is 65.5 Å². The van der Waals surface area contributed by atoms with Crippen molar-refractivity contribution in [1.29, 1.82) is 0 Å². The number of hydrogen-bond acceptors (Lipinski definition) is 4. The molecule has 0 saturated heterocycles. The Hall–Kier alpha value is -2.03. The number of amides is 1. The molecule has 4 atom stereocenters. The van der Waals surface area contributed by atoms with Crippen LogP contribution in [-0.2, 0) is 19.1 Å². The van der Waals surface area contributed by atoms with Gasteiger partial charge in [0.2, 0.25) is 5.91 Å². The summed E-state index contributed by atoms with van der Waals surface area (Å²) >= 11 is 12.3. The summed E-state index contributed by atoms with van der Waals surface area (Å²) in [6, 6.07) is 4.79. The van der Waals surface area contributed by atoms with E-state index in [0.29, 0.717) is 30.0 Å². The van der Waals surface area contributed by atoms with Gasteiger partial charge in [0, 0.05) is 11.6 Å². The van der Waals surface area contributed by atoms with Crippen LogP contribution in [0.25, 0.3) is 0 Å². The van der Waals surface area contributed by atoms with Gasteiger partial charge in [-0.3, -0.25) is 9.59 Å². The lowest BCUT2D eigenvalue weighted by Gasteiger charge is -2.31. The van der Waals surface area contributed by atoms with Gasteiger partial charge in [-0.2, -0.15) is 13.2 Å². The van der Waals surface area contributed by atoms with Crippen LogP contribution >= 0.6 is 23.2 Å². The van der Waals surface area contributed by atoms with Crippen LogP contribution < -0.4 is 5.32 Å². The number of esters is 1. The SMILES string of the molecule is CCOC(c1ccc(Cl)c(NC(=O)[C@H](C2C=CC(Cl)=CC2)[C@@H](C)C(F)(F)F)c1)C1(C(=O)OC(C)(C)C)CC1. The average Bonchev–Trinajstić information content (AvgIpc) is 3.61. The lowest BCUT2D eigenvalue weighted by Crippen LogP contribution is -2.40. The molecule has 0 heterocycles. The number of benzene rings is 1. The molecule has 1 saturated carbocycles. The lowest BCUT2D eigenvalue weighted by atomic mass is 9.78. The van der Waals surface area contributed by atoms with E-state index < -0.39 is 47.0 Å². The van der Waals surface area contributed by atoms with Crippen molar-refractivity contribution in [3.05, 3.63) is 52.0 Å². The van der Waals surface area contributed by atoms with Crippen molar-refractivity contribution in [2.45, 2.75) is 71.8 Å². The lowest BCUT2D eigenvalue weighted by molar-refractivity contribution is -0.188. The fraction of sp³-hybridized carbons (Fsp3) is 0.571. The van der Waals surface area contributed by atoms with Gasteiger partial charge in [-0.25, -0.2) is 0 Å². The van der Waals surface area contributed by atoms with E-state index >= 15 is 0 Å².